The Morgan fingerprint density at radius 3 is 2.90 bits per heavy atom. The van der Waals surface area contributed by atoms with Crippen molar-refractivity contribution < 1.29 is 9.18 Å². The summed E-state index contributed by atoms with van der Waals surface area (Å²) >= 11 is 0. The smallest absolute Gasteiger partial charge is 0.291 e. The van der Waals surface area contributed by atoms with Gasteiger partial charge in [0.2, 0.25) is 11.8 Å². The molecule has 2 aromatic rings. The molecular weight excluding hydrogens is 261 g/mol. The van der Waals surface area contributed by atoms with Crippen LogP contribution in [0.25, 0.3) is 0 Å². The van der Waals surface area contributed by atoms with Crippen molar-refractivity contribution in [2.75, 3.05) is 5.73 Å². The number of nitrogens with zero attached hydrogens (tertiary/aromatic N) is 3. The van der Waals surface area contributed by atoms with Gasteiger partial charge in [0, 0.05) is 12.6 Å². The number of carbonyl (C=O) groups excluding carboxylic acids is 1. The van der Waals surface area contributed by atoms with Gasteiger partial charge < -0.3 is 10.6 Å². The maximum absolute atomic E-state index is 13.2. The number of carbonyl (C=O) groups is 1. The lowest BCUT2D eigenvalue weighted by atomic mass is 10.2. The Kier molecular flexibility index (Phi) is 3.09. The average Bonchev–Trinajstić information content (AvgIpc) is 3.17. The number of aromatic nitrogens is 3. The molecule has 3 rings (SSSR count). The summed E-state index contributed by atoms with van der Waals surface area (Å²) in [5.74, 6) is -0.420. The molecule has 0 saturated heterocycles. The summed E-state index contributed by atoms with van der Waals surface area (Å²) in [6.45, 7) is 0.349. The molecule has 0 atom stereocenters. The first-order valence-corrected chi connectivity index (χ1v) is 6.37. The van der Waals surface area contributed by atoms with Crippen molar-refractivity contribution in [2.24, 2.45) is 0 Å². The molecule has 6 nitrogen and oxygen atoms in total. The largest absolute Gasteiger partial charge is 0.366 e. The number of rotatable bonds is 4. The van der Waals surface area contributed by atoms with Crippen molar-refractivity contribution in [2.45, 2.75) is 25.4 Å². The summed E-state index contributed by atoms with van der Waals surface area (Å²) in [6, 6.07) is 6.41. The lowest BCUT2D eigenvalue weighted by Crippen LogP contribution is -2.33. The highest BCUT2D eigenvalue weighted by atomic mass is 19.1. The molecule has 1 saturated carbocycles. The number of H-pyrrole nitrogens is 1. The summed E-state index contributed by atoms with van der Waals surface area (Å²) in [5.41, 5.74) is 6.15. The molecule has 1 aromatic carbocycles. The van der Waals surface area contributed by atoms with E-state index < -0.39 is 0 Å². The summed E-state index contributed by atoms with van der Waals surface area (Å²) in [7, 11) is 0. The van der Waals surface area contributed by atoms with E-state index in [1.54, 1.807) is 17.0 Å². The summed E-state index contributed by atoms with van der Waals surface area (Å²) in [4.78, 5) is 17.9. The summed E-state index contributed by atoms with van der Waals surface area (Å²) < 4.78 is 13.2. The summed E-state index contributed by atoms with van der Waals surface area (Å²) in [5, 5.41) is 6.17. The van der Waals surface area contributed by atoms with Gasteiger partial charge in [-0.2, -0.15) is 4.98 Å². The molecule has 0 radical (unpaired) electrons. The predicted molar refractivity (Wildman–Crippen MR) is 70.1 cm³/mol. The standard InChI is InChI=1S/C13H14FN5O/c14-9-3-1-2-8(6-9)7-19(10-4-5-10)12(20)11-16-13(15)18-17-11/h1-3,6,10H,4-5,7H2,(H3,15,16,17,18). The zero-order chi connectivity index (χ0) is 14.1. The van der Waals surface area contributed by atoms with E-state index in [1.165, 1.54) is 12.1 Å². The monoisotopic (exact) mass is 275 g/mol. The molecule has 0 unspecified atom stereocenters. The van der Waals surface area contributed by atoms with E-state index in [4.69, 9.17) is 5.73 Å². The van der Waals surface area contributed by atoms with Crippen molar-refractivity contribution in [3.8, 4) is 0 Å². The zero-order valence-electron chi connectivity index (χ0n) is 10.7. The molecule has 7 heteroatoms. The number of hydrogen-bond donors (Lipinski definition) is 2. The highest BCUT2D eigenvalue weighted by Gasteiger charge is 2.34. The Labute approximate surface area is 114 Å². The highest BCUT2D eigenvalue weighted by molar-refractivity contribution is 5.91. The number of benzene rings is 1. The number of aromatic amines is 1. The van der Waals surface area contributed by atoms with E-state index in [0.717, 1.165) is 18.4 Å². The molecule has 0 spiro atoms. The SMILES string of the molecule is Nc1n[nH]c(C(=O)N(Cc2cccc(F)c2)C2CC2)n1. The van der Waals surface area contributed by atoms with Crippen LogP contribution in [0.3, 0.4) is 0 Å². The van der Waals surface area contributed by atoms with Gasteiger partial charge >= 0.3 is 0 Å². The van der Waals surface area contributed by atoms with Crippen molar-refractivity contribution in [1.82, 2.24) is 20.1 Å². The van der Waals surface area contributed by atoms with Crippen LogP contribution in [0.2, 0.25) is 0 Å². The first-order chi connectivity index (χ1) is 9.63. The number of nitrogen functional groups attached to an aromatic ring is 1. The van der Waals surface area contributed by atoms with Gasteiger partial charge in [0.15, 0.2) is 0 Å². The molecule has 0 bridgehead atoms. The van der Waals surface area contributed by atoms with E-state index in [1.807, 2.05) is 0 Å². The second-order valence-corrected chi connectivity index (χ2v) is 4.84. The Hall–Kier alpha value is -2.44. The van der Waals surface area contributed by atoms with Gasteiger partial charge in [-0.25, -0.2) is 4.39 Å². The quantitative estimate of drug-likeness (QED) is 0.881. The minimum atomic E-state index is -0.311. The number of nitrogens with one attached hydrogen (secondary N) is 1. The first-order valence-electron chi connectivity index (χ1n) is 6.37. The number of amides is 1. The van der Waals surface area contributed by atoms with Crippen LogP contribution >= 0.6 is 0 Å². The van der Waals surface area contributed by atoms with E-state index in [9.17, 15) is 9.18 Å². The van der Waals surface area contributed by atoms with Crippen molar-refractivity contribution in [3.05, 3.63) is 41.5 Å². The van der Waals surface area contributed by atoms with Crippen molar-refractivity contribution in [3.63, 3.8) is 0 Å². The fraction of sp³-hybridized carbons (Fsp3) is 0.308. The number of hydrogen-bond acceptors (Lipinski definition) is 4. The molecule has 104 valence electrons. The minimum absolute atomic E-state index is 0.0369. The van der Waals surface area contributed by atoms with Gasteiger partial charge in [0.1, 0.15) is 5.82 Å². The second kappa shape index (κ2) is 4.92. The molecule has 0 aliphatic heterocycles. The molecule has 1 aliphatic carbocycles. The highest BCUT2D eigenvalue weighted by Crippen LogP contribution is 2.29. The second-order valence-electron chi connectivity index (χ2n) is 4.84. The number of halogens is 1. The molecule has 3 N–H and O–H groups in total. The van der Waals surface area contributed by atoms with Crippen LogP contribution < -0.4 is 5.73 Å². The Balaban J connectivity index is 1.81. The number of nitrogens with two attached hydrogens (primary N) is 1. The molecule has 1 fully saturated rings. The molecule has 20 heavy (non-hydrogen) atoms. The maximum Gasteiger partial charge on any atom is 0.291 e. The lowest BCUT2D eigenvalue weighted by Gasteiger charge is -2.21. The minimum Gasteiger partial charge on any atom is -0.366 e. The molecule has 1 aliphatic rings. The normalized spacial score (nSPS) is 14.2. The van der Waals surface area contributed by atoms with Crippen LogP contribution in [0.5, 0.6) is 0 Å². The van der Waals surface area contributed by atoms with Crippen molar-refractivity contribution >= 4 is 11.9 Å². The topological polar surface area (TPSA) is 87.9 Å². The Morgan fingerprint density at radius 2 is 2.30 bits per heavy atom. The number of anilines is 1. The van der Waals surface area contributed by atoms with Gasteiger partial charge in [0.05, 0.1) is 0 Å². The summed E-state index contributed by atoms with van der Waals surface area (Å²) in [6.07, 6.45) is 1.90. The van der Waals surface area contributed by atoms with Gasteiger partial charge in [-0.3, -0.25) is 9.89 Å². The zero-order valence-corrected chi connectivity index (χ0v) is 10.7. The van der Waals surface area contributed by atoms with Gasteiger partial charge in [-0.15, -0.1) is 5.10 Å². The van der Waals surface area contributed by atoms with Crippen LogP contribution in [0.15, 0.2) is 24.3 Å². The van der Waals surface area contributed by atoms with Crippen LogP contribution in [0.1, 0.15) is 29.0 Å². The third-order valence-electron chi connectivity index (χ3n) is 3.20. The van der Waals surface area contributed by atoms with Crippen LogP contribution in [-0.2, 0) is 6.54 Å². The van der Waals surface area contributed by atoms with Crippen LogP contribution in [0, 0.1) is 5.82 Å². The fourth-order valence-electron chi connectivity index (χ4n) is 2.09. The van der Waals surface area contributed by atoms with E-state index in [2.05, 4.69) is 15.2 Å². The van der Waals surface area contributed by atoms with Gasteiger partial charge in [0.25, 0.3) is 5.91 Å². The van der Waals surface area contributed by atoms with E-state index in [0.29, 0.717) is 6.54 Å². The Morgan fingerprint density at radius 1 is 1.50 bits per heavy atom. The average molecular weight is 275 g/mol. The fourth-order valence-corrected chi connectivity index (χ4v) is 2.09. The maximum atomic E-state index is 13.2. The van der Waals surface area contributed by atoms with Crippen LogP contribution in [-0.4, -0.2) is 32.0 Å². The molecular formula is C13H14FN5O. The van der Waals surface area contributed by atoms with Gasteiger partial charge in [-0.05, 0) is 30.5 Å². The van der Waals surface area contributed by atoms with Gasteiger partial charge in [-0.1, -0.05) is 12.1 Å². The molecule has 1 aromatic heterocycles. The Bertz CT molecular complexity index is 637. The lowest BCUT2D eigenvalue weighted by molar-refractivity contribution is 0.0717. The van der Waals surface area contributed by atoms with Crippen molar-refractivity contribution in [1.29, 1.82) is 0 Å². The molecule has 1 amide bonds. The van der Waals surface area contributed by atoms with E-state index >= 15 is 0 Å². The predicted octanol–water partition coefficient (Wildman–Crippen LogP) is 1.33. The van der Waals surface area contributed by atoms with E-state index in [-0.39, 0.29) is 29.5 Å². The van der Waals surface area contributed by atoms with Crippen LogP contribution in [0.4, 0.5) is 10.3 Å². The first kappa shape index (κ1) is 12.6. The third-order valence-corrected chi connectivity index (χ3v) is 3.20. The third kappa shape index (κ3) is 2.61. The molecule has 1 heterocycles.